The highest BCUT2D eigenvalue weighted by molar-refractivity contribution is 9.10. The molecule has 1 aromatic heterocycles. The highest BCUT2D eigenvalue weighted by atomic mass is 79.9. The van der Waals surface area contributed by atoms with Crippen LogP contribution in [0.2, 0.25) is 0 Å². The molecule has 0 atom stereocenters. The highest BCUT2D eigenvalue weighted by Crippen LogP contribution is 2.31. The van der Waals surface area contributed by atoms with Crippen LogP contribution in [0.4, 0.5) is 14.7 Å². The van der Waals surface area contributed by atoms with Crippen molar-refractivity contribution in [2.24, 2.45) is 0 Å². The van der Waals surface area contributed by atoms with E-state index in [2.05, 4.69) is 20.9 Å². The number of nitrogens with two attached hydrogens (primary N) is 1. The van der Waals surface area contributed by atoms with Crippen molar-refractivity contribution in [3.8, 4) is 5.69 Å². The van der Waals surface area contributed by atoms with E-state index in [9.17, 15) is 8.78 Å². The van der Waals surface area contributed by atoms with Gasteiger partial charge >= 0.3 is 0 Å². The smallest absolute Gasteiger partial charge is 0.206 e. The largest absolute Gasteiger partial charge is 0.369 e. The third kappa shape index (κ3) is 1.87. The van der Waals surface area contributed by atoms with E-state index in [0.717, 1.165) is 0 Å². The van der Waals surface area contributed by atoms with Gasteiger partial charge < -0.3 is 5.73 Å². The van der Waals surface area contributed by atoms with Crippen molar-refractivity contribution >= 4 is 32.9 Å². The average Bonchev–Trinajstić information content (AvgIpc) is 2.67. The van der Waals surface area contributed by atoms with Gasteiger partial charge in [-0.15, -0.1) is 0 Å². The topological polar surface area (TPSA) is 43.8 Å². The first kappa shape index (κ1) is 13.1. The van der Waals surface area contributed by atoms with E-state index in [1.165, 1.54) is 16.7 Å². The number of benzene rings is 2. The van der Waals surface area contributed by atoms with Gasteiger partial charge in [0.15, 0.2) is 0 Å². The number of hydrogen-bond acceptors (Lipinski definition) is 2. The van der Waals surface area contributed by atoms with Crippen molar-refractivity contribution in [2.75, 3.05) is 5.73 Å². The second-order valence-electron chi connectivity index (χ2n) is 4.47. The summed E-state index contributed by atoms with van der Waals surface area (Å²) in [5.41, 5.74) is 7.53. The maximum absolute atomic E-state index is 14.1. The Morgan fingerprint density at radius 3 is 2.65 bits per heavy atom. The monoisotopic (exact) mass is 337 g/mol. The van der Waals surface area contributed by atoms with Crippen LogP contribution in [0.15, 0.2) is 34.8 Å². The molecule has 0 saturated heterocycles. The van der Waals surface area contributed by atoms with Gasteiger partial charge in [0.25, 0.3) is 0 Å². The molecule has 0 spiro atoms. The van der Waals surface area contributed by atoms with E-state index in [-0.39, 0.29) is 17.5 Å². The number of hydrogen-bond donors (Lipinski definition) is 1. The Labute approximate surface area is 122 Å². The Balaban J connectivity index is 2.42. The summed E-state index contributed by atoms with van der Waals surface area (Å²) in [5, 5.41) is 0. The molecule has 0 unspecified atom stereocenters. The van der Waals surface area contributed by atoms with E-state index >= 15 is 0 Å². The van der Waals surface area contributed by atoms with Crippen LogP contribution in [0.3, 0.4) is 0 Å². The van der Waals surface area contributed by atoms with Gasteiger partial charge in [-0.3, -0.25) is 4.57 Å². The molecule has 0 radical (unpaired) electrons. The summed E-state index contributed by atoms with van der Waals surface area (Å²) >= 11 is 3.30. The molecular weight excluding hydrogens is 328 g/mol. The molecule has 0 saturated carbocycles. The standard InChI is InChI=1S/C14H10BrF2N3/c1-7-5-12-11(6-10(7)17)19-14(18)20(12)13-8(15)3-2-4-9(13)16/h2-6H,1H3,(H2,18,19). The van der Waals surface area contributed by atoms with E-state index < -0.39 is 5.82 Å². The van der Waals surface area contributed by atoms with Crippen molar-refractivity contribution < 1.29 is 8.78 Å². The number of nitrogen functional groups attached to an aromatic ring is 1. The number of aromatic nitrogens is 2. The van der Waals surface area contributed by atoms with Gasteiger partial charge in [-0.2, -0.15) is 0 Å². The molecule has 3 rings (SSSR count). The Morgan fingerprint density at radius 1 is 1.20 bits per heavy atom. The minimum Gasteiger partial charge on any atom is -0.369 e. The number of halogens is 3. The van der Waals surface area contributed by atoms with Crippen LogP contribution in [0.5, 0.6) is 0 Å². The summed E-state index contributed by atoms with van der Waals surface area (Å²) in [6, 6.07) is 7.53. The zero-order valence-electron chi connectivity index (χ0n) is 10.5. The SMILES string of the molecule is Cc1cc2c(cc1F)nc(N)n2-c1c(F)cccc1Br. The molecule has 3 nitrogen and oxygen atoms in total. The molecule has 0 bridgehead atoms. The third-order valence-corrected chi connectivity index (χ3v) is 3.76. The summed E-state index contributed by atoms with van der Waals surface area (Å²) in [4.78, 5) is 4.09. The van der Waals surface area contributed by atoms with E-state index in [4.69, 9.17) is 5.73 Å². The fraction of sp³-hybridized carbons (Fsp3) is 0.0714. The van der Waals surface area contributed by atoms with Crippen LogP contribution < -0.4 is 5.73 Å². The summed E-state index contributed by atoms with van der Waals surface area (Å²) in [6.07, 6.45) is 0. The summed E-state index contributed by atoms with van der Waals surface area (Å²) in [5.74, 6) is -0.696. The van der Waals surface area contributed by atoms with Gasteiger partial charge in [0.1, 0.15) is 11.6 Å². The normalized spacial score (nSPS) is 11.2. The fourth-order valence-corrected chi connectivity index (χ4v) is 2.68. The predicted octanol–water partition coefficient (Wildman–Crippen LogP) is 3.96. The number of aryl methyl sites for hydroxylation is 1. The van der Waals surface area contributed by atoms with Crippen LogP contribution in [0, 0.1) is 18.6 Å². The first-order valence-electron chi connectivity index (χ1n) is 5.87. The van der Waals surface area contributed by atoms with Crippen molar-refractivity contribution in [3.63, 3.8) is 0 Å². The fourth-order valence-electron chi connectivity index (χ4n) is 2.16. The summed E-state index contributed by atoms with van der Waals surface area (Å²) < 4.78 is 29.7. The molecular formula is C14H10BrF2N3. The lowest BCUT2D eigenvalue weighted by atomic mass is 10.2. The van der Waals surface area contributed by atoms with Gasteiger partial charge in [0.05, 0.1) is 16.7 Å². The van der Waals surface area contributed by atoms with E-state index in [1.54, 1.807) is 25.1 Å². The molecule has 3 aromatic rings. The molecule has 20 heavy (non-hydrogen) atoms. The Kier molecular flexibility index (Phi) is 2.97. The van der Waals surface area contributed by atoms with Crippen LogP contribution in [0.25, 0.3) is 16.7 Å². The molecule has 0 aliphatic heterocycles. The van der Waals surface area contributed by atoms with Crippen molar-refractivity contribution in [3.05, 3.63) is 52.0 Å². The second-order valence-corrected chi connectivity index (χ2v) is 5.32. The van der Waals surface area contributed by atoms with Crippen LogP contribution in [0.1, 0.15) is 5.56 Å². The van der Waals surface area contributed by atoms with Crippen LogP contribution in [-0.2, 0) is 0 Å². The van der Waals surface area contributed by atoms with Crippen molar-refractivity contribution in [1.29, 1.82) is 0 Å². The maximum Gasteiger partial charge on any atom is 0.206 e. The van der Waals surface area contributed by atoms with Crippen molar-refractivity contribution in [1.82, 2.24) is 9.55 Å². The number of anilines is 1. The third-order valence-electron chi connectivity index (χ3n) is 3.12. The number of imidazole rings is 1. The molecule has 0 aliphatic carbocycles. The van der Waals surface area contributed by atoms with Crippen molar-refractivity contribution in [2.45, 2.75) is 6.92 Å². The number of fused-ring (bicyclic) bond motifs is 1. The number of para-hydroxylation sites is 1. The molecule has 0 aliphatic rings. The minimum absolute atomic E-state index is 0.107. The zero-order valence-corrected chi connectivity index (χ0v) is 12.1. The van der Waals surface area contributed by atoms with Gasteiger partial charge in [0, 0.05) is 10.5 Å². The Bertz CT molecular complexity index is 807. The maximum atomic E-state index is 14.1. The lowest BCUT2D eigenvalue weighted by Crippen LogP contribution is -2.04. The van der Waals surface area contributed by atoms with Gasteiger partial charge in [-0.1, -0.05) is 6.07 Å². The van der Waals surface area contributed by atoms with E-state index in [0.29, 0.717) is 21.1 Å². The minimum atomic E-state index is -0.438. The first-order chi connectivity index (χ1) is 9.49. The molecule has 102 valence electrons. The molecule has 0 fully saturated rings. The van der Waals surface area contributed by atoms with Crippen LogP contribution >= 0.6 is 15.9 Å². The Morgan fingerprint density at radius 2 is 1.95 bits per heavy atom. The van der Waals surface area contributed by atoms with E-state index in [1.807, 2.05) is 0 Å². The lowest BCUT2D eigenvalue weighted by Gasteiger charge is -2.10. The average molecular weight is 338 g/mol. The summed E-state index contributed by atoms with van der Waals surface area (Å²) in [6.45, 7) is 1.64. The molecule has 2 aromatic carbocycles. The van der Waals surface area contributed by atoms with Gasteiger partial charge in [-0.25, -0.2) is 13.8 Å². The quantitative estimate of drug-likeness (QED) is 0.730. The zero-order chi connectivity index (χ0) is 14.4. The Hall–Kier alpha value is -1.95. The van der Waals surface area contributed by atoms with Gasteiger partial charge in [-0.05, 0) is 46.6 Å². The first-order valence-corrected chi connectivity index (χ1v) is 6.67. The van der Waals surface area contributed by atoms with Gasteiger partial charge in [0.2, 0.25) is 5.95 Å². The molecule has 2 N–H and O–H groups in total. The number of nitrogens with zero attached hydrogens (tertiary/aromatic N) is 2. The molecule has 1 heterocycles. The highest BCUT2D eigenvalue weighted by Gasteiger charge is 2.17. The molecule has 6 heteroatoms. The summed E-state index contributed by atoms with van der Waals surface area (Å²) in [7, 11) is 0. The van der Waals surface area contributed by atoms with Crippen LogP contribution in [-0.4, -0.2) is 9.55 Å². The lowest BCUT2D eigenvalue weighted by molar-refractivity contribution is 0.618. The number of rotatable bonds is 1. The molecule has 0 amide bonds. The second kappa shape index (κ2) is 4.56. The predicted molar refractivity (Wildman–Crippen MR) is 77.8 cm³/mol.